The standard InChI is InChI=1S/C41H45FN4O8/c1-5-7-9-13-34(47)52-23-27-19-44-25(3)39(31(27)24-53-35(48)14-10-8-6-2)54-41(50)30-21-46(28-15-16-28)36-29(38(30)49)18-32(42)37(40(36)51-4)45-20-26-12-11-17-43-33(26)22-45/h1-2,18-19,21,26,28,33,43H,7-17,20,22-24H2,3-4H3. The summed E-state index contributed by atoms with van der Waals surface area (Å²) in [5.74, 6) is 2.87. The van der Waals surface area contributed by atoms with Gasteiger partial charge in [0.25, 0.3) is 0 Å². The van der Waals surface area contributed by atoms with Crippen molar-refractivity contribution in [3.05, 3.63) is 56.9 Å². The fourth-order valence-corrected chi connectivity index (χ4v) is 7.31. The van der Waals surface area contributed by atoms with Gasteiger partial charge in [0.05, 0.1) is 23.7 Å². The highest BCUT2D eigenvalue weighted by molar-refractivity contribution is 5.98. The Kier molecular flexibility index (Phi) is 12.2. The summed E-state index contributed by atoms with van der Waals surface area (Å²) in [7, 11) is 1.46. The van der Waals surface area contributed by atoms with E-state index in [1.54, 1.807) is 6.92 Å². The summed E-state index contributed by atoms with van der Waals surface area (Å²) in [6.45, 7) is 3.19. The van der Waals surface area contributed by atoms with Gasteiger partial charge in [0.15, 0.2) is 17.3 Å². The molecular formula is C41H45FN4O8. The van der Waals surface area contributed by atoms with Crippen molar-refractivity contribution < 1.29 is 37.7 Å². The maximum absolute atomic E-state index is 16.2. The van der Waals surface area contributed by atoms with Crippen LogP contribution >= 0.6 is 0 Å². The number of aryl methyl sites for hydroxylation is 1. The number of rotatable bonds is 15. The zero-order chi connectivity index (χ0) is 38.4. The van der Waals surface area contributed by atoms with E-state index in [9.17, 15) is 19.2 Å². The first-order chi connectivity index (χ1) is 26.1. The zero-order valence-corrected chi connectivity index (χ0v) is 30.7. The van der Waals surface area contributed by atoms with Gasteiger partial charge in [0.1, 0.15) is 24.5 Å². The van der Waals surface area contributed by atoms with Gasteiger partial charge in [0.2, 0.25) is 5.43 Å². The van der Waals surface area contributed by atoms with Crippen LogP contribution in [0.4, 0.5) is 10.1 Å². The molecule has 3 fully saturated rings. The second kappa shape index (κ2) is 17.2. The molecule has 1 N–H and O–H groups in total. The number of methoxy groups -OCH3 is 1. The number of pyridine rings is 2. The number of carbonyl (C=O) groups is 3. The van der Waals surface area contributed by atoms with Crippen LogP contribution in [-0.4, -0.2) is 60.2 Å². The first-order valence-electron chi connectivity index (χ1n) is 18.5. The van der Waals surface area contributed by atoms with Crippen molar-refractivity contribution in [1.82, 2.24) is 14.9 Å². The van der Waals surface area contributed by atoms with Crippen LogP contribution in [0.1, 0.15) is 97.4 Å². The Morgan fingerprint density at radius 3 is 2.37 bits per heavy atom. The molecule has 2 aliphatic heterocycles. The Labute approximate surface area is 313 Å². The van der Waals surface area contributed by atoms with Crippen LogP contribution in [0.2, 0.25) is 0 Å². The van der Waals surface area contributed by atoms with E-state index in [1.165, 1.54) is 25.6 Å². The Morgan fingerprint density at radius 2 is 1.72 bits per heavy atom. The zero-order valence-electron chi connectivity index (χ0n) is 30.7. The van der Waals surface area contributed by atoms with Gasteiger partial charge in [-0.25, -0.2) is 9.18 Å². The SMILES string of the molecule is C#CCCCC(=O)OCc1cnc(C)c(OC(=O)c2cn(C3CC3)c3c(OC)c(N4CC5CCCNC5C4)c(F)cc3c2=O)c1COC(=O)CCCC#C. The summed E-state index contributed by atoms with van der Waals surface area (Å²) in [6.07, 6.45) is 19.0. The normalized spacial score (nSPS) is 17.7. The van der Waals surface area contributed by atoms with Gasteiger partial charge in [-0.3, -0.25) is 19.4 Å². The molecule has 2 unspecified atom stereocenters. The van der Waals surface area contributed by atoms with Crippen molar-refractivity contribution in [3.8, 4) is 36.2 Å². The molecule has 54 heavy (non-hydrogen) atoms. The second-order valence-electron chi connectivity index (χ2n) is 14.0. The number of hydrogen-bond donors (Lipinski definition) is 1. The predicted octanol–water partition coefficient (Wildman–Crippen LogP) is 5.29. The molecule has 284 valence electrons. The summed E-state index contributed by atoms with van der Waals surface area (Å²) >= 11 is 0. The summed E-state index contributed by atoms with van der Waals surface area (Å²) < 4.78 is 40.8. The smallest absolute Gasteiger partial charge is 0.349 e. The van der Waals surface area contributed by atoms with Crippen LogP contribution in [0.5, 0.6) is 11.5 Å². The van der Waals surface area contributed by atoms with Crippen molar-refractivity contribution in [3.63, 3.8) is 0 Å². The Morgan fingerprint density at radius 1 is 1.02 bits per heavy atom. The molecule has 0 radical (unpaired) electrons. The lowest BCUT2D eigenvalue weighted by Crippen LogP contribution is -2.40. The van der Waals surface area contributed by atoms with Crippen LogP contribution in [0.3, 0.4) is 0 Å². The molecule has 0 amide bonds. The van der Waals surface area contributed by atoms with E-state index in [0.717, 1.165) is 32.2 Å². The monoisotopic (exact) mass is 740 g/mol. The molecule has 1 aromatic carbocycles. The molecule has 13 heteroatoms. The topological polar surface area (TPSA) is 138 Å². The van der Waals surface area contributed by atoms with Crippen LogP contribution < -0.4 is 25.1 Å². The molecule has 2 atom stereocenters. The minimum atomic E-state index is -1.01. The number of anilines is 1. The Bertz CT molecular complexity index is 2060. The first kappa shape index (κ1) is 38.3. The van der Waals surface area contributed by atoms with E-state index in [-0.39, 0.29) is 71.8 Å². The van der Waals surface area contributed by atoms with Crippen LogP contribution in [0.25, 0.3) is 10.9 Å². The highest BCUT2D eigenvalue weighted by Gasteiger charge is 2.38. The van der Waals surface area contributed by atoms with Crippen molar-refractivity contribution >= 4 is 34.5 Å². The fourth-order valence-electron chi connectivity index (χ4n) is 7.31. The molecule has 3 aliphatic rings. The summed E-state index contributed by atoms with van der Waals surface area (Å²) in [5, 5.41) is 3.54. The summed E-state index contributed by atoms with van der Waals surface area (Å²) in [5.41, 5.74) is 0.501. The molecule has 2 saturated heterocycles. The van der Waals surface area contributed by atoms with E-state index in [4.69, 9.17) is 31.8 Å². The predicted molar refractivity (Wildman–Crippen MR) is 199 cm³/mol. The molecule has 0 bridgehead atoms. The third kappa shape index (κ3) is 8.37. The Balaban J connectivity index is 1.35. The van der Waals surface area contributed by atoms with E-state index < -0.39 is 29.2 Å². The van der Waals surface area contributed by atoms with Gasteiger partial charge in [-0.15, -0.1) is 24.7 Å². The van der Waals surface area contributed by atoms with Gasteiger partial charge in [0, 0.05) is 74.4 Å². The third-order valence-electron chi connectivity index (χ3n) is 10.2. The van der Waals surface area contributed by atoms with Gasteiger partial charge >= 0.3 is 17.9 Å². The van der Waals surface area contributed by atoms with E-state index >= 15 is 4.39 Å². The summed E-state index contributed by atoms with van der Waals surface area (Å²) in [6, 6.07) is 1.39. The third-order valence-corrected chi connectivity index (χ3v) is 10.2. The molecule has 2 aromatic heterocycles. The van der Waals surface area contributed by atoms with Gasteiger partial charge in [-0.2, -0.15) is 0 Å². The molecule has 1 saturated carbocycles. The Hall–Kier alpha value is -5.40. The van der Waals surface area contributed by atoms with E-state index in [2.05, 4.69) is 22.1 Å². The number of piperidine rings is 1. The molecule has 12 nitrogen and oxygen atoms in total. The van der Waals surface area contributed by atoms with Crippen LogP contribution in [0, 0.1) is 43.3 Å². The number of terminal acetylenes is 2. The highest BCUT2D eigenvalue weighted by Crippen LogP contribution is 2.45. The lowest BCUT2D eigenvalue weighted by Gasteiger charge is -2.25. The molecule has 0 spiro atoms. The maximum atomic E-state index is 16.2. The van der Waals surface area contributed by atoms with Gasteiger partial charge < -0.3 is 33.7 Å². The summed E-state index contributed by atoms with van der Waals surface area (Å²) in [4.78, 5) is 59.5. The van der Waals surface area contributed by atoms with Crippen LogP contribution in [-0.2, 0) is 32.3 Å². The number of benzene rings is 1. The van der Waals surface area contributed by atoms with E-state index in [1.807, 2.05) is 9.47 Å². The fraction of sp³-hybridized carbons (Fsp3) is 0.488. The maximum Gasteiger partial charge on any atom is 0.349 e. The van der Waals surface area contributed by atoms with E-state index in [0.29, 0.717) is 61.5 Å². The number of hydrogen-bond acceptors (Lipinski definition) is 11. The second-order valence-corrected chi connectivity index (χ2v) is 14.0. The first-order valence-corrected chi connectivity index (χ1v) is 18.5. The highest BCUT2D eigenvalue weighted by atomic mass is 19.1. The van der Waals surface area contributed by atoms with Crippen molar-refractivity contribution in [2.45, 2.75) is 96.4 Å². The lowest BCUT2D eigenvalue weighted by atomic mass is 9.94. The number of carbonyl (C=O) groups excluding carboxylic acids is 3. The van der Waals surface area contributed by atoms with Gasteiger partial charge in [-0.05, 0) is 64.0 Å². The molecule has 1 aliphatic carbocycles. The number of fused-ring (bicyclic) bond motifs is 2. The lowest BCUT2D eigenvalue weighted by molar-refractivity contribution is -0.146. The number of ether oxygens (including phenoxy) is 4. The largest absolute Gasteiger partial charge is 0.492 e. The molecule has 3 aromatic rings. The molecular weight excluding hydrogens is 695 g/mol. The van der Waals surface area contributed by atoms with Crippen molar-refractivity contribution in [2.24, 2.45) is 5.92 Å². The van der Waals surface area contributed by atoms with Gasteiger partial charge in [-0.1, -0.05) is 0 Å². The minimum Gasteiger partial charge on any atom is -0.492 e. The van der Waals surface area contributed by atoms with Crippen molar-refractivity contribution in [2.75, 3.05) is 31.6 Å². The number of aromatic nitrogens is 2. The average Bonchev–Trinajstić information content (AvgIpc) is 3.92. The quantitative estimate of drug-likeness (QED) is 0.124. The minimum absolute atomic E-state index is 0.00865. The molecule has 4 heterocycles. The average molecular weight is 741 g/mol. The number of esters is 3. The number of halogens is 1. The number of unbranched alkanes of at least 4 members (excludes halogenated alkanes) is 2. The van der Waals surface area contributed by atoms with Crippen LogP contribution in [0.15, 0.2) is 23.3 Å². The molecule has 6 rings (SSSR count). The number of nitrogens with zero attached hydrogens (tertiary/aromatic N) is 3. The number of nitrogens with one attached hydrogen (secondary N) is 1. The van der Waals surface area contributed by atoms with Crippen molar-refractivity contribution in [1.29, 1.82) is 0 Å².